The molecule has 4 rings (SSSR count). The molecule has 122 valence electrons. The van der Waals surface area contributed by atoms with Crippen molar-refractivity contribution in [3.63, 3.8) is 0 Å². The second-order valence-electron chi connectivity index (χ2n) is 6.26. The number of nitrogens with one attached hydrogen (secondary N) is 1. The van der Waals surface area contributed by atoms with Crippen molar-refractivity contribution < 1.29 is 0 Å². The minimum Gasteiger partial charge on any atom is -0.370 e. The molecule has 3 aromatic rings. The topological polar surface area (TPSA) is 29.9 Å². The zero-order valence-corrected chi connectivity index (χ0v) is 15.3. The van der Waals surface area contributed by atoms with Gasteiger partial charge in [-0.05, 0) is 56.0 Å². The molecule has 0 saturated heterocycles. The average molecular weight is 382 g/mol. The van der Waals surface area contributed by atoms with E-state index in [-0.39, 0.29) is 0 Å². The van der Waals surface area contributed by atoms with Gasteiger partial charge >= 0.3 is 0 Å². The maximum absolute atomic E-state index is 5.00. The van der Waals surface area contributed by atoms with Gasteiger partial charge in [0.2, 0.25) is 0 Å². The number of aromatic nitrogens is 2. The van der Waals surface area contributed by atoms with E-state index in [1.54, 1.807) is 0 Å². The first kappa shape index (κ1) is 15.5. The lowest BCUT2D eigenvalue weighted by Crippen LogP contribution is -2.07. The molecule has 0 bridgehead atoms. The van der Waals surface area contributed by atoms with E-state index in [0.717, 1.165) is 34.6 Å². The molecule has 24 heavy (non-hydrogen) atoms. The van der Waals surface area contributed by atoms with E-state index in [4.69, 9.17) is 5.10 Å². The number of hydrogen-bond acceptors (Lipinski definition) is 2. The number of fused-ring (bicyclic) bond motifs is 1. The third kappa shape index (κ3) is 2.75. The van der Waals surface area contributed by atoms with Crippen LogP contribution in [-0.4, -0.2) is 16.3 Å². The first-order valence-electron chi connectivity index (χ1n) is 8.42. The fourth-order valence-electron chi connectivity index (χ4n) is 3.33. The monoisotopic (exact) mass is 381 g/mol. The van der Waals surface area contributed by atoms with E-state index in [1.165, 1.54) is 29.5 Å². The quantitative estimate of drug-likeness (QED) is 0.647. The Morgan fingerprint density at radius 1 is 1.04 bits per heavy atom. The lowest BCUT2D eigenvalue weighted by atomic mass is 10.00. The Hall–Kier alpha value is -2.07. The number of rotatable bonds is 2. The standard InChI is InChI=1S/C20H20BrN3/c1-14-6-2-3-7-17(14)19-18-8-4-5-13-22-20(18)24(23-19)16-11-9-15(21)10-12-16/h2-3,6-7,9-12,22H,4-5,8,13H2,1H3. The van der Waals surface area contributed by atoms with Crippen LogP contribution in [0.15, 0.2) is 53.0 Å². The third-order valence-corrected chi connectivity index (χ3v) is 5.13. The van der Waals surface area contributed by atoms with Gasteiger partial charge < -0.3 is 5.32 Å². The molecule has 2 heterocycles. The summed E-state index contributed by atoms with van der Waals surface area (Å²) in [6, 6.07) is 16.8. The van der Waals surface area contributed by atoms with Crippen LogP contribution in [0.25, 0.3) is 16.9 Å². The SMILES string of the molecule is Cc1ccccc1-c1nn(-c2ccc(Br)cc2)c2c1CCCCN2. The van der Waals surface area contributed by atoms with Crippen LogP contribution in [0.4, 0.5) is 5.82 Å². The Kier molecular flexibility index (Phi) is 4.15. The summed E-state index contributed by atoms with van der Waals surface area (Å²) in [5, 5.41) is 8.61. The van der Waals surface area contributed by atoms with Crippen molar-refractivity contribution in [2.24, 2.45) is 0 Å². The molecular formula is C20H20BrN3. The summed E-state index contributed by atoms with van der Waals surface area (Å²) in [5.74, 6) is 1.15. The Balaban J connectivity index is 1.92. The van der Waals surface area contributed by atoms with E-state index < -0.39 is 0 Å². The van der Waals surface area contributed by atoms with E-state index in [1.807, 2.05) is 0 Å². The molecule has 0 radical (unpaired) electrons. The van der Waals surface area contributed by atoms with E-state index in [0.29, 0.717) is 0 Å². The highest BCUT2D eigenvalue weighted by atomic mass is 79.9. The largest absolute Gasteiger partial charge is 0.370 e. The van der Waals surface area contributed by atoms with E-state index >= 15 is 0 Å². The van der Waals surface area contributed by atoms with E-state index in [2.05, 4.69) is 81.4 Å². The predicted molar refractivity (Wildman–Crippen MR) is 103 cm³/mol. The summed E-state index contributed by atoms with van der Waals surface area (Å²) < 4.78 is 3.14. The maximum atomic E-state index is 5.00. The lowest BCUT2D eigenvalue weighted by molar-refractivity contribution is 0.780. The molecule has 0 unspecified atom stereocenters. The maximum Gasteiger partial charge on any atom is 0.133 e. The summed E-state index contributed by atoms with van der Waals surface area (Å²) in [7, 11) is 0. The van der Waals surface area contributed by atoms with Crippen LogP contribution in [0.3, 0.4) is 0 Å². The second-order valence-corrected chi connectivity index (χ2v) is 7.18. The lowest BCUT2D eigenvalue weighted by Gasteiger charge is -2.09. The summed E-state index contributed by atoms with van der Waals surface area (Å²) in [5.41, 5.74) is 6.03. The molecule has 2 aromatic carbocycles. The van der Waals surface area contributed by atoms with Crippen LogP contribution in [0.1, 0.15) is 24.0 Å². The summed E-state index contributed by atoms with van der Waals surface area (Å²) in [4.78, 5) is 0. The van der Waals surface area contributed by atoms with Gasteiger partial charge in [0.1, 0.15) is 5.82 Å². The van der Waals surface area contributed by atoms with Gasteiger partial charge in [0.25, 0.3) is 0 Å². The first-order chi connectivity index (χ1) is 11.7. The summed E-state index contributed by atoms with van der Waals surface area (Å²) in [6.45, 7) is 3.16. The zero-order valence-electron chi connectivity index (χ0n) is 13.7. The number of benzene rings is 2. The molecule has 0 saturated carbocycles. The van der Waals surface area contributed by atoms with Crippen molar-refractivity contribution >= 4 is 21.7 Å². The van der Waals surface area contributed by atoms with Crippen LogP contribution in [0.2, 0.25) is 0 Å². The molecule has 0 aliphatic carbocycles. The summed E-state index contributed by atoms with van der Waals surface area (Å²) >= 11 is 3.51. The molecule has 1 aliphatic rings. The van der Waals surface area contributed by atoms with Gasteiger partial charge in [0, 0.05) is 22.1 Å². The van der Waals surface area contributed by atoms with Crippen molar-refractivity contribution in [1.82, 2.24) is 9.78 Å². The van der Waals surface area contributed by atoms with Gasteiger partial charge in [-0.15, -0.1) is 0 Å². The highest BCUT2D eigenvalue weighted by Gasteiger charge is 2.22. The number of nitrogens with zero attached hydrogens (tertiary/aromatic N) is 2. The fourth-order valence-corrected chi connectivity index (χ4v) is 3.59. The van der Waals surface area contributed by atoms with Crippen LogP contribution >= 0.6 is 15.9 Å². The molecule has 1 aromatic heterocycles. The fraction of sp³-hybridized carbons (Fsp3) is 0.250. The Labute approximate surface area is 150 Å². The minimum atomic E-state index is 1.00. The number of halogens is 1. The third-order valence-electron chi connectivity index (χ3n) is 4.60. The van der Waals surface area contributed by atoms with Gasteiger partial charge in [-0.2, -0.15) is 5.10 Å². The van der Waals surface area contributed by atoms with Gasteiger partial charge in [-0.25, -0.2) is 4.68 Å². The molecule has 4 heteroatoms. The van der Waals surface area contributed by atoms with Crippen molar-refractivity contribution in [3.05, 3.63) is 64.1 Å². The average Bonchev–Trinajstić information content (AvgIpc) is 2.78. The van der Waals surface area contributed by atoms with Crippen molar-refractivity contribution in [1.29, 1.82) is 0 Å². The molecule has 1 N–H and O–H groups in total. The highest BCUT2D eigenvalue weighted by Crippen LogP contribution is 2.35. The Morgan fingerprint density at radius 3 is 2.62 bits per heavy atom. The Bertz CT molecular complexity index is 865. The van der Waals surface area contributed by atoms with Crippen LogP contribution in [-0.2, 0) is 6.42 Å². The second kappa shape index (κ2) is 6.44. The normalized spacial score (nSPS) is 13.9. The van der Waals surface area contributed by atoms with Gasteiger partial charge in [0.05, 0.1) is 11.4 Å². The number of anilines is 1. The molecule has 0 fully saturated rings. The molecule has 0 atom stereocenters. The molecule has 1 aliphatic heterocycles. The van der Waals surface area contributed by atoms with Crippen molar-refractivity contribution in [2.75, 3.05) is 11.9 Å². The van der Waals surface area contributed by atoms with Crippen LogP contribution in [0, 0.1) is 6.92 Å². The summed E-state index contributed by atoms with van der Waals surface area (Å²) in [6.07, 6.45) is 3.47. The first-order valence-corrected chi connectivity index (χ1v) is 9.21. The number of hydrogen-bond donors (Lipinski definition) is 1. The van der Waals surface area contributed by atoms with Crippen molar-refractivity contribution in [2.45, 2.75) is 26.2 Å². The number of aryl methyl sites for hydroxylation is 1. The Morgan fingerprint density at radius 2 is 1.83 bits per heavy atom. The zero-order chi connectivity index (χ0) is 16.5. The molecule has 0 amide bonds. The molecule has 0 spiro atoms. The highest BCUT2D eigenvalue weighted by molar-refractivity contribution is 9.10. The van der Waals surface area contributed by atoms with Gasteiger partial charge in [0.15, 0.2) is 0 Å². The van der Waals surface area contributed by atoms with Crippen molar-refractivity contribution in [3.8, 4) is 16.9 Å². The molecule has 3 nitrogen and oxygen atoms in total. The minimum absolute atomic E-state index is 1.00. The van der Waals surface area contributed by atoms with Gasteiger partial charge in [-0.3, -0.25) is 0 Å². The van der Waals surface area contributed by atoms with Crippen LogP contribution < -0.4 is 5.32 Å². The van der Waals surface area contributed by atoms with Crippen LogP contribution in [0.5, 0.6) is 0 Å². The van der Waals surface area contributed by atoms with E-state index in [9.17, 15) is 0 Å². The van der Waals surface area contributed by atoms with Gasteiger partial charge in [-0.1, -0.05) is 40.2 Å². The smallest absolute Gasteiger partial charge is 0.133 e. The predicted octanol–water partition coefficient (Wildman–Crippen LogP) is 5.36. The molecular weight excluding hydrogens is 362 g/mol.